The van der Waals surface area contributed by atoms with Gasteiger partial charge in [-0.15, -0.1) is 0 Å². The van der Waals surface area contributed by atoms with Gasteiger partial charge in [-0.2, -0.15) is 0 Å². The Balaban J connectivity index is 2.08. The van der Waals surface area contributed by atoms with Crippen molar-refractivity contribution in [3.05, 3.63) is 29.8 Å². The highest BCUT2D eigenvalue weighted by atomic mass is 16.6. The topological polar surface area (TPSA) is 74.2 Å². The molecule has 1 aromatic carbocycles. The van der Waals surface area contributed by atoms with Gasteiger partial charge in [0, 0.05) is 12.0 Å². The van der Waals surface area contributed by atoms with E-state index in [2.05, 4.69) is 20.8 Å². The molecule has 0 unspecified atom stereocenters. The maximum atomic E-state index is 12.1. The molecule has 0 aliphatic heterocycles. The van der Waals surface area contributed by atoms with E-state index in [0.29, 0.717) is 58.2 Å². The van der Waals surface area contributed by atoms with Crippen molar-refractivity contribution in [2.45, 2.75) is 27.2 Å². The van der Waals surface area contributed by atoms with Gasteiger partial charge in [0.15, 0.2) is 5.78 Å². The van der Waals surface area contributed by atoms with Crippen LogP contribution in [0.15, 0.2) is 24.3 Å². The first kappa shape index (κ1) is 22.6. The third-order valence-corrected chi connectivity index (χ3v) is 3.34. The summed E-state index contributed by atoms with van der Waals surface area (Å²) < 4.78 is 21.4. The lowest BCUT2D eigenvalue weighted by Crippen LogP contribution is -2.13. The minimum absolute atomic E-state index is 0.0141. The maximum Gasteiger partial charge on any atom is 0.163 e. The summed E-state index contributed by atoms with van der Waals surface area (Å²) >= 11 is 0. The van der Waals surface area contributed by atoms with Crippen molar-refractivity contribution in [3.8, 4) is 5.75 Å². The number of aliphatic hydroxyl groups is 1. The Kier molecular flexibility index (Phi) is 11.1. The van der Waals surface area contributed by atoms with Crippen molar-refractivity contribution in [1.29, 1.82) is 0 Å². The van der Waals surface area contributed by atoms with Crippen LogP contribution < -0.4 is 4.74 Å². The first-order valence-corrected chi connectivity index (χ1v) is 9.02. The molecule has 0 heterocycles. The van der Waals surface area contributed by atoms with Gasteiger partial charge in [0.2, 0.25) is 0 Å². The van der Waals surface area contributed by atoms with Crippen molar-refractivity contribution < 1.29 is 28.8 Å². The van der Waals surface area contributed by atoms with E-state index in [0.717, 1.165) is 5.75 Å². The SMILES string of the molecule is CC(C)(C)CC(=O)c1ccc(OCCOCCOCCOCCO)cc1. The number of carbonyl (C=O) groups is 1. The van der Waals surface area contributed by atoms with Gasteiger partial charge in [0.1, 0.15) is 12.4 Å². The monoisotopic (exact) mass is 368 g/mol. The fourth-order valence-electron chi connectivity index (χ4n) is 2.15. The van der Waals surface area contributed by atoms with E-state index in [-0.39, 0.29) is 17.8 Å². The van der Waals surface area contributed by atoms with Crippen molar-refractivity contribution in [2.24, 2.45) is 5.41 Å². The number of benzene rings is 1. The molecule has 6 nitrogen and oxygen atoms in total. The molecular weight excluding hydrogens is 336 g/mol. The van der Waals surface area contributed by atoms with E-state index in [1.165, 1.54) is 0 Å². The maximum absolute atomic E-state index is 12.1. The smallest absolute Gasteiger partial charge is 0.163 e. The molecule has 1 rings (SSSR count). The van der Waals surface area contributed by atoms with Gasteiger partial charge in [-0.25, -0.2) is 0 Å². The van der Waals surface area contributed by atoms with Gasteiger partial charge in [-0.1, -0.05) is 20.8 Å². The van der Waals surface area contributed by atoms with E-state index in [1.807, 2.05) is 12.1 Å². The zero-order chi connectivity index (χ0) is 19.3. The summed E-state index contributed by atoms with van der Waals surface area (Å²) in [7, 11) is 0. The second-order valence-electron chi connectivity index (χ2n) is 7.09. The molecule has 0 aromatic heterocycles. The van der Waals surface area contributed by atoms with Gasteiger partial charge in [-0.05, 0) is 29.7 Å². The van der Waals surface area contributed by atoms with Crippen LogP contribution in [-0.2, 0) is 14.2 Å². The lowest BCUT2D eigenvalue weighted by molar-refractivity contribution is 0.00361. The number of hydrogen-bond acceptors (Lipinski definition) is 6. The summed E-state index contributed by atoms with van der Waals surface area (Å²) in [5.74, 6) is 0.868. The highest BCUT2D eigenvalue weighted by Gasteiger charge is 2.17. The average Bonchev–Trinajstić information content (AvgIpc) is 2.58. The van der Waals surface area contributed by atoms with Crippen molar-refractivity contribution in [2.75, 3.05) is 52.9 Å². The van der Waals surface area contributed by atoms with Crippen LogP contribution in [0.4, 0.5) is 0 Å². The molecule has 0 aliphatic carbocycles. The third kappa shape index (κ3) is 11.2. The number of rotatable bonds is 14. The predicted molar refractivity (Wildman–Crippen MR) is 99.9 cm³/mol. The largest absolute Gasteiger partial charge is 0.491 e. The zero-order valence-electron chi connectivity index (χ0n) is 16.2. The standard InChI is InChI=1S/C20H32O6/c1-20(2,3)16-19(22)17-4-6-18(7-5-17)26-15-14-25-13-12-24-11-10-23-9-8-21/h4-7,21H,8-16H2,1-3H3. The Morgan fingerprint density at radius 3 is 1.85 bits per heavy atom. The van der Waals surface area contributed by atoms with E-state index < -0.39 is 0 Å². The highest BCUT2D eigenvalue weighted by Crippen LogP contribution is 2.22. The molecule has 0 amide bonds. The summed E-state index contributed by atoms with van der Waals surface area (Å²) in [5.41, 5.74) is 0.698. The molecule has 0 saturated carbocycles. The summed E-state index contributed by atoms with van der Waals surface area (Å²) in [6, 6.07) is 7.23. The molecule has 0 aliphatic rings. The Morgan fingerprint density at radius 1 is 0.846 bits per heavy atom. The Hall–Kier alpha value is -1.47. The van der Waals surface area contributed by atoms with Crippen LogP contribution in [0.3, 0.4) is 0 Å². The van der Waals surface area contributed by atoms with Gasteiger partial charge < -0.3 is 24.1 Å². The summed E-state index contributed by atoms with van der Waals surface area (Å²) in [6.07, 6.45) is 0.524. The molecule has 148 valence electrons. The minimum Gasteiger partial charge on any atom is -0.491 e. The molecule has 1 N–H and O–H groups in total. The molecule has 0 radical (unpaired) electrons. The first-order chi connectivity index (χ1) is 12.4. The fourth-order valence-corrected chi connectivity index (χ4v) is 2.15. The molecule has 0 atom stereocenters. The number of ether oxygens (including phenoxy) is 4. The van der Waals surface area contributed by atoms with E-state index in [4.69, 9.17) is 24.1 Å². The molecule has 1 aromatic rings. The molecule has 0 bridgehead atoms. The van der Waals surface area contributed by atoms with E-state index in [9.17, 15) is 4.79 Å². The average molecular weight is 368 g/mol. The number of ketones is 1. The third-order valence-electron chi connectivity index (χ3n) is 3.34. The lowest BCUT2D eigenvalue weighted by Gasteiger charge is -2.16. The van der Waals surface area contributed by atoms with Crippen LogP contribution in [0.5, 0.6) is 5.75 Å². The second kappa shape index (κ2) is 12.8. The van der Waals surface area contributed by atoms with Gasteiger partial charge in [0.05, 0.1) is 46.2 Å². The zero-order valence-corrected chi connectivity index (χ0v) is 16.2. The van der Waals surface area contributed by atoms with Crippen molar-refractivity contribution >= 4 is 5.78 Å². The highest BCUT2D eigenvalue weighted by molar-refractivity contribution is 5.96. The van der Waals surface area contributed by atoms with Crippen LogP contribution in [0.1, 0.15) is 37.6 Å². The molecular formula is C20H32O6. The minimum atomic E-state index is -0.0141. The van der Waals surface area contributed by atoms with E-state index >= 15 is 0 Å². The molecule has 6 heteroatoms. The summed E-state index contributed by atoms with van der Waals surface area (Å²) in [5, 5.41) is 8.54. The van der Waals surface area contributed by atoms with Crippen LogP contribution in [-0.4, -0.2) is 63.7 Å². The van der Waals surface area contributed by atoms with Crippen LogP contribution in [0, 0.1) is 5.41 Å². The van der Waals surface area contributed by atoms with Crippen LogP contribution in [0.2, 0.25) is 0 Å². The molecule has 0 fully saturated rings. The second-order valence-corrected chi connectivity index (χ2v) is 7.09. The molecule has 0 saturated heterocycles. The Morgan fingerprint density at radius 2 is 1.35 bits per heavy atom. The Labute approximate surface area is 156 Å². The number of carbonyl (C=O) groups excluding carboxylic acids is 1. The number of hydrogen-bond donors (Lipinski definition) is 1. The quantitative estimate of drug-likeness (QED) is 0.402. The van der Waals surface area contributed by atoms with Crippen molar-refractivity contribution in [1.82, 2.24) is 0 Å². The summed E-state index contributed by atoms with van der Waals surface area (Å²) in [6.45, 7) is 9.37. The summed E-state index contributed by atoms with van der Waals surface area (Å²) in [4.78, 5) is 12.1. The van der Waals surface area contributed by atoms with E-state index in [1.54, 1.807) is 12.1 Å². The van der Waals surface area contributed by atoms with Gasteiger partial charge >= 0.3 is 0 Å². The van der Waals surface area contributed by atoms with Crippen molar-refractivity contribution in [3.63, 3.8) is 0 Å². The number of Topliss-reactive ketones (excluding diaryl/α,β-unsaturated/α-hetero) is 1. The number of aliphatic hydroxyl groups excluding tert-OH is 1. The lowest BCUT2D eigenvalue weighted by atomic mass is 9.88. The molecule has 26 heavy (non-hydrogen) atoms. The first-order valence-electron chi connectivity index (χ1n) is 9.02. The Bertz CT molecular complexity index is 492. The normalized spacial score (nSPS) is 11.5. The molecule has 0 spiro atoms. The van der Waals surface area contributed by atoms with Crippen LogP contribution >= 0.6 is 0 Å². The fraction of sp³-hybridized carbons (Fsp3) is 0.650. The van der Waals surface area contributed by atoms with Crippen LogP contribution in [0.25, 0.3) is 0 Å². The van der Waals surface area contributed by atoms with Gasteiger partial charge in [0.25, 0.3) is 0 Å². The van der Waals surface area contributed by atoms with Gasteiger partial charge in [-0.3, -0.25) is 4.79 Å². The predicted octanol–water partition coefficient (Wildman–Crippen LogP) is 2.73.